The Balaban J connectivity index is 0.000000172. The van der Waals surface area contributed by atoms with Gasteiger partial charge in [0.1, 0.15) is 0 Å². The summed E-state index contributed by atoms with van der Waals surface area (Å²) in [6, 6.07) is 3.55. The van der Waals surface area contributed by atoms with Crippen molar-refractivity contribution in [2.45, 2.75) is 88.8 Å². The van der Waals surface area contributed by atoms with E-state index in [0.717, 1.165) is 62.8 Å². The number of carbonyl (C=O) groups is 3. The maximum Gasteiger partial charge on any atom is 0.220 e. The number of ketones is 3. The number of benzene rings is 1. The maximum absolute atomic E-state index is 12.8. The Hall–Kier alpha value is -4.23. The van der Waals surface area contributed by atoms with E-state index in [1.54, 1.807) is 6.08 Å². The van der Waals surface area contributed by atoms with Gasteiger partial charge in [0.05, 0.1) is 20.3 Å². The fourth-order valence-electron chi connectivity index (χ4n) is 10.2. The smallest absolute Gasteiger partial charge is 0.220 e. The molecule has 2 heterocycles. The highest BCUT2D eigenvalue weighted by molar-refractivity contribution is 6.06. The number of ether oxygens (including phenoxy) is 3. The highest BCUT2D eigenvalue weighted by Gasteiger charge is 2.60. The van der Waals surface area contributed by atoms with Crippen molar-refractivity contribution in [2.24, 2.45) is 17.3 Å². The van der Waals surface area contributed by atoms with Crippen LogP contribution in [0.3, 0.4) is 0 Å². The minimum atomic E-state index is -0.543. The Bertz CT molecular complexity index is 1880. The van der Waals surface area contributed by atoms with E-state index in [1.807, 2.05) is 18.2 Å². The molecule has 12 heteroatoms. The molecule has 0 amide bonds. The van der Waals surface area contributed by atoms with E-state index in [4.69, 9.17) is 19.3 Å². The summed E-state index contributed by atoms with van der Waals surface area (Å²) in [5.41, 5.74) is 2.05. The number of carbonyl (C=O) groups excluding carboxylic acids is 3. The third-order valence-corrected chi connectivity index (χ3v) is 13.1. The Labute approximate surface area is 329 Å². The predicted octanol–water partition coefficient (Wildman–Crippen LogP) is 5.50. The molecule has 0 spiro atoms. The summed E-state index contributed by atoms with van der Waals surface area (Å²) in [5, 5.41) is 39.6. The van der Waals surface area contributed by atoms with Crippen molar-refractivity contribution in [2.75, 3.05) is 54.6 Å². The molecule has 1 aromatic carbocycles. The van der Waals surface area contributed by atoms with Crippen molar-refractivity contribution in [3.8, 4) is 11.5 Å². The van der Waals surface area contributed by atoms with Crippen LogP contribution in [0, 0.1) is 17.3 Å². The fraction of sp³-hybridized carbons (Fsp3) is 0.568. The number of likely N-dealkylation sites (tertiary alicyclic amines) is 2. The number of likely N-dealkylation sites (N-methyl/N-ethyl adjacent to an activating group) is 2. The molecule has 304 valence electrons. The van der Waals surface area contributed by atoms with Gasteiger partial charge in [0.15, 0.2) is 40.3 Å². The van der Waals surface area contributed by atoms with Crippen LogP contribution in [0.15, 0.2) is 70.9 Å². The molecule has 2 aliphatic heterocycles. The minimum absolute atomic E-state index is 0.0223. The lowest BCUT2D eigenvalue weighted by Crippen LogP contribution is -2.62. The maximum atomic E-state index is 12.8. The number of methoxy groups -OCH3 is 2. The second kappa shape index (κ2) is 16.7. The van der Waals surface area contributed by atoms with Crippen molar-refractivity contribution < 1.29 is 49.0 Å². The van der Waals surface area contributed by atoms with Crippen molar-refractivity contribution in [1.82, 2.24) is 9.80 Å². The molecule has 0 aromatic heterocycles. The number of hydrogen-bond acceptors (Lipinski definition) is 12. The normalized spacial score (nSPS) is 31.5. The number of unbranched alkanes of at least 4 members (excludes halogenated alkanes) is 2. The molecule has 0 saturated carbocycles. The molecule has 2 fully saturated rings. The van der Waals surface area contributed by atoms with Gasteiger partial charge in [-0.05, 0) is 88.3 Å². The van der Waals surface area contributed by atoms with Crippen LogP contribution in [-0.4, -0.2) is 114 Å². The van der Waals surface area contributed by atoms with Crippen molar-refractivity contribution in [3.63, 3.8) is 0 Å². The molecule has 2 saturated heterocycles. The van der Waals surface area contributed by atoms with Gasteiger partial charge in [-0.3, -0.25) is 24.2 Å². The van der Waals surface area contributed by atoms with Crippen LogP contribution in [-0.2, 0) is 34.0 Å². The molecular formula is C44H58N2O10. The average Bonchev–Trinajstić information content (AvgIpc) is 3.18. The zero-order valence-electron chi connectivity index (χ0n) is 33.5. The molecule has 5 aliphatic carbocycles. The van der Waals surface area contributed by atoms with Crippen LogP contribution in [0.25, 0.3) is 0 Å². The lowest BCUT2D eigenvalue weighted by molar-refractivity contribution is -0.126. The molecule has 56 heavy (non-hydrogen) atoms. The number of rotatable bonds is 8. The summed E-state index contributed by atoms with van der Waals surface area (Å²) in [5.74, 6) is -0.193. The second-order valence-electron chi connectivity index (χ2n) is 16.1. The van der Waals surface area contributed by atoms with E-state index in [2.05, 4.69) is 43.8 Å². The highest BCUT2D eigenvalue weighted by atomic mass is 16.5. The Morgan fingerprint density at radius 3 is 2.05 bits per heavy atom. The first-order chi connectivity index (χ1) is 26.8. The van der Waals surface area contributed by atoms with Crippen LogP contribution >= 0.6 is 0 Å². The van der Waals surface area contributed by atoms with Crippen LogP contribution in [0.2, 0.25) is 0 Å². The van der Waals surface area contributed by atoms with Crippen LogP contribution < -0.4 is 0 Å². The topological polar surface area (TPSA) is 166 Å². The summed E-state index contributed by atoms with van der Waals surface area (Å²) >= 11 is 0. The van der Waals surface area contributed by atoms with Gasteiger partial charge in [0.2, 0.25) is 5.78 Å². The summed E-state index contributed by atoms with van der Waals surface area (Å²) in [4.78, 5) is 41.8. The van der Waals surface area contributed by atoms with Crippen molar-refractivity contribution >= 4 is 17.3 Å². The van der Waals surface area contributed by atoms with Crippen LogP contribution in [0.1, 0.15) is 82.4 Å². The Kier molecular flexibility index (Phi) is 12.4. The van der Waals surface area contributed by atoms with Gasteiger partial charge in [-0.25, -0.2) is 0 Å². The number of allylic oxidation sites excluding steroid dienone is 6. The first kappa shape index (κ1) is 41.4. The van der Waals surface area contributed by atoms with E-state index in [-0.39, 0.29) is 77.5 Å². The van der Waals surface area contributed by atoms with Gasteiger partial charge in [0.25, 0.3) is 0 Å². The number of phenolic OH excluding ortho intramolecular Hbond substituents is 2. The largest absolute Gasteiger partial charge is 0.504 e. The third-order valence-electron chi connectivity index (χ3n) is 13.1. The van der Waals surface area contributed by atoms with E-state index in [9.17, 15) is 29.7 Å². The van der Waals surface area contributed by atoms with Crippen molar-refractivity contribution in [3.05, 3.63) is 82.1 Å². The predicted molar refractivity (Wildman–Crippen MR) is 210 cm³/mol. The quantitative estimate of drug-likeness (QED) is 0.194. The standard InChI is InChI=1S/C22H29NO5.C18H19NO4.C4H10O/c1-4-5-10-28-21-13-6-7-15(24)20(26)18(13)22-8-9-23(2)19(21)14(22)11-17(27-3)16(25)12-22;1-19-6-5-18-9-14(21)15(23-2)8-11(18)12(19)7-10-3-4-13(20)17(22)16(10)18;1-2-3-4-5/h6-7,11,14,19,21,24,26H,4-5,8-10,12H2,1-3H3;3-4,7-8,11-12,22H,5-6,9H2,1-2H3;5H,2-4H2,1H3/t14?,19-,21-,22-;11?,12-,18+;/m10./s1. The number of piperidine rings is 2. The molecule has 4 N–H and O–H groups in total. The number of phenols is 2. The number of hydrogen-bond donors (Lipinski definition) is 4. The first-order valence-corrected chi connectivity index (χ1v) is 20.0. The van der Waals surface area contributed by atoms with Gasteiger partial charge in [-0.15, -0.1) is 0 Å². The monoisotopic (exact) mass is 774 g/mol. The van der Waals surface area contributed by atoms with Gasteiger partial charge in [0, 0.05) is 71.9 Å². The van der Waals surface area contributed by atoms with Crippen molar-refractivity contribution in [1.29, 1.82) is 0 Å². The molecule has 8 rings (SSSR count). The number of fused-ring (bicyclic) bond motifs is 2. The first-order valence-electron chi connectivity index (χ1n) is 20.0. The Morgan fingerprint density at radius 2 is 1.43 bits per heavy atom. The minimum Gasteiger partial charge on any atom is -0.504 e. The third kappa shape index (κ3) is 6.92. The van der Waals surface area contributed by atoms with Crippen LogP contribution in [0.5, 0.6) is 11.5 Å². The molecule has 1 aromatic rings. The number of Topliss-reactive ketones (excluding diaryl/α,β-unsaturated/α-hetero) is 2. The van der Waals surface area contributed by atoms with Gasteiger partial charge in [-0.2, -0.15) is 0 Å². The lowest BCUT2D eigenvalue weighted by Gasteiger charge is -2.58. The van der Waals surface area contributed by atoms with E-state index in [1.165, 1.54) is 26.4 Å². The number of aliphatic hydroxyl groups excluding tert-OH is 2. The number of aromatic hydroxyl groups is 2. The summed E-state index contributed by atoms with van der Waals surface area (Å²) < 4.78 is 17.0. The van der Waals surface area contributed by atoms with Gasteiger partial charge in [-0.1, -0.05) is 44.9 Å². The summed E-state index contributed by atoms with van der Waals surface area (Å²) in [6.07, 6.45) is 14.9. The summed E-state index contributed by atoms with van der Waals surface area (Å²) in [6.45, 7) is 6.77. The highest BCUT2D eigenvalue weighted by Crippen LogP contribution is 2.61. The number of nitrogens with zero attached hydrogens (tertiary/aromatic N) is 2. The average molecular weight is 775 g/mol. The molecule has 12 nitrogen and oxygen atoms in total. The van der Waals surface area contributed by atoms with Crippen LogP contribution in [0.4, 0.5) is 0 Å². The van der Waals surface area contributed by atoms with E-state index < -0.39 is 10.8 Å². The Morgan fingerprint density at radius 1 is 0.804 bits per heavy atom. The summed E-state index contributed by atoms with van der Waals surface area (Å²) in [7, 11) is 7.19. The second-order valence-corrected chi connectivity index (χ2v) is 16.1. The molecule has 7 atom stereocenters. The molecule has 0 radical (unpaired) electrons. The zero-order valence-corrected chi connectivity index (χ0v) is 33.5. The van der Waals surface area contributed by atoms with Gasteiger partial charge >= 0.3 is 0 Å². The lowest BCUT2D eigenvalue weighted by atomic mass is 9.52. The van der Waals surface area contributed by atoms with Gasteiger partial charge < -0.3 is 34.6 Å². The molecular weight excluding hydrogens is 716 g/mol. The molecule has 7 aliphatic rings. The fourth-order valence-corrected chi connectivity index (χ4v) is 10.2. The zero-order chi connectivity index (χ0) is 40.5. The number of aliphatic hydroxyl groups is 2. The SMILES string of the molecule is CCCCO.CCCCO[C@@H]1c2ccc(O)c(O)c2[C@@]23CCN(C)[C@@H]1C2C=C(OC)C(=O)C3.COC1=CC2[C@@H]3C=C4C=CC(=O)C(O)=C4[C@]2(CCN3C)CC1=O. The van der Waals surface area contributed by atoms with E-state index >= 15 is 0 Å². The molecule has 4 bridgehead atoms. The van der Waals surface area contributed by atoms with E-state index in [0.29, 0.717) is 35.9 Å². The molecule has 2 unspecified atom stereocenters.